The zero-order valence-corrected chi connectivity index (χ0v) is 19.7. The van der Waals surface area contributed by atoms with Gasteiger partial charge in [-0.3, -0.25) is 19.4 Å². The maximum Gasteiger partial charge on any atom is 0.295 e. The average molecular weight is 471 g/mol. The largest absolute Gasteiger partial charge is 0.494 e. The number of H-pyrrole nitrogens is 1. The first-order valence-corrected chi connectivity index (χ1v) is 11.6. The summed E-state index contributed by atoms with van der Waals surface area (Å²) in [5, 5.41) is 0.556. The molecule has 8 heteroatoms. The van der Waals surface area contributed by atoms with E-state index in [2.05, 4.69) is 16.0 Å². The van der Waals surface area contributed by atoms with Crippen molar-refractivity contribution in [2.45, 2.75) is 12.8 Å². The first-order valence-electron chi connectivity index (χ1n) is 11.6. The van der Waals surface area contributed by atoms with Crippen LogP contribution in [0.1, 0.15) is 39.3 Å². The number of hydrogen-bond acceptors (Lipinski definition) is 5. The zero-order chi connectivity index (χ0) is 24.5. The summed E-state index contributed by atoms with van der Waals surface area (Å²) in [6.45, 7) is 3.36. The Bertz CT molecular complexity index is 1360. The van der Waals surface area contributed by atoms with E-state index >= 15 is 0 Å². The van der Waals surface area contributed by atoms with Crippen LogP contribution < -0.4 is 4.74 Å². The van der Waals surface area contributed by atoms with Crippen molar-refractivity contribution < 1.29 is 19.1 Å². The summed E-state index contributed by atoms with van der Waals surface area (Å²) in [4.78, 5) is 50.1. The highest BCUT2D eigenvalue weighted by Gasteiger charge is 2.31. The minimum absolute atomic E-state index is 0.0176. The molecule has 0 spiro atoms. The molecule has 35 heavy (non-hydrogen) atoms. The molecule has 8 nitrogen and oxygen atoms in total. The van der Waals surface area contributed by atoms with E-state index in [0.717, 1.165) is 11.3 Å². The minimum Gasteiger partial charge on any atom is -0.494 e. The van der Waals surface area contributed by atoms with Crippen LogP contribution in [-0.2, 0) is 4.79 Å². The molecule has 3 aromatic rings. The average Bonchev–Trinajstić information content (AvgIpc) is 3.54. The van der Waals surface area contributed by atoms with E-state index in [0.29, 0.717) is 48.4 Å². The number of nitrogens with one attached hydrogen (secondary N) is 1. The van der Waals surface area contributed by atoms with E-state index in [4.69, 9.17) is 4.74 Å². The van der Waals surface area contributed by atoms with Gasteiger partial charge in [0.15, 0.2) is 0 Å². The second-order valence-corrected chi connectivity index (χ2v) is 8.74. The van der Waals surface area contributed by atoms with Gasteiger partial charge in [-0.25, -0.2) is 0 Å². The summed E-state index contributed by atoms with van der Waals surface area (Å²) in [5.74, 6) is -0.855. The van der Waals surface area contributed by atoms with Gasteiger partial charge in [-0.1, -0.05) is 42.0 Å². The number of benzene rings is 1. The van der Waals surface area contributed by atoms with E-state index in [1.165, 1.54) is 12.0 Å². The molecule has 1 aromatic carbocycles. The van der Waals surface area contributed by atoms with Gasteiger partial charge in [0, 0.05) is 43.9 Å². The van der Waals surface area contributed by atoms with Gasteiger partial charge in [0.25, 0.3) is 17.6 Å². The van der Waals surface area contributed by atoms with E-state index in [9.17, 15) is 14.4 Å². The number of Topliss-reactive ketones (excluding diaryl/α,β-unsaturated/α-hetero) is 1. The number of fused-ring (bicyclic) bond motifs is 1. The van der Waals surface area contributed by atoms with Gasteiger partial charge >= 0.3 is 0 Å². The van der Waals surface area contributed by atoms with Gasteiger partial charge in [-0.15, -0.1) is 0 Å². The van der Waals surface area contributed by atoms with Crippen molar-refractivity contribution in [3.63, 3.8) is 0 Å². The van der Waals surface area contributed by atoms with Crippen LogP contribution in [0, 0.1) is 0 Å². The molecule has 2 aliphatic rings. The quantitative estimate of drug-likeness (QED) is 0.456. The molecule has 1 N–H and O–H groups in total. The number of pyridine rings is 1. The Hall–Kier alpha value is -4.20. The Morgan fingerprint density at radius 1 is 1.06 bits per heavy atom. The Morgan fingerprint density at radius 2 is 1.77 bits per heavy atom. The lowest BCUT2D eigenvalue weighted by atomic mass is 10.0. The predicted octanol–water partition coefficient (Wildman–Crippen LogP) is 3.34. The molecule has 0 radical (unpaired) electrons. The van der Waals surface area contributed by atoms with Crippen LogP contribution in [-0.4, -0.2) is 70.7 Å². The molecule has 0 saturated carbocycles. The van der Waals surface area contributed by atoms with Crippen molar-refractivity contribution in [1.82, 2.24) is 19.8 Å². The summed E-state index contributed by atoms with van der Waals surface area (Å²) in [6.07, 6.45) is 9.33. The second-order valence-electron chi connectivity index (χ2n) is 8.74. The van der Waals surface area contributed by atoms with Gasteiger partial charge in [-0.2, -0.15) is 0 Å². The SMILES string of the molecule is COc1cnc(C2C=CC(C)=C2)c2[nH]cc(C(=O)C(=O)N3CCN(C(=O)c4ccccc4)CC3)c12. The number of aromatic nitrogens is 2. The van der Waals surface area contributed by atoms with Gasteiger partial charge < -0.3 is 19.5 Å². The van der Waals surface area contributed by atoms with E-state index in [1.54, 1.807) is 29.4 Å². The first-order chi connectivity index (χ1) is 17.0. The zero-order valence-electron chi connectivity index (χ0n) is 19.7. The molecule has 2 aromatic heterocycles. The third-order valence-electron chi connectivity index (χ3n) is 6.56. The monoisotopic (exact) mass is 470 g/mol. The fraction of sp³-hybridized carbons (Fsp3) is 0.259. The summed E-state index contributed by atoms with van der Waals surface area (Å²) >= 11 is 0. The molecule has 1 unspecified atom stereocenters. The van der Waals surface area contributed by atoms with Gasteiger partial charge in [-0.05, 0) is 19.1 Å². The highest BCUT2D eigenvalue weighted by Crippen LogP contribution is 2.36. The molecule has 1 saturated heterocycles. The number of hydrogen-bond donors (Lipinski definition) is 1. The number of amides is 2. The predicted molar refractivity (Wildman–Crippen MR) is 132 cm³/mol. The Kier molecular flexibility index (Phi) is 5.94. The maximum atomic E-state index is 13.3. The van der Waals surface area contributed by atoms with Crippen LogP contribution in [0.4, 0.5) is 0 Å². The van der Waals surface area contributed by atoms with Crippen LogP contribution in [0.5, 0.6) is 5.75 Å². The van der Waals surface area contributed by atoms with E-state index in [1.807, 2.05) is 37.3 Å². The van der Waals surface area contributed by atoms with E-state index in [-0.39, 0.29) is 17.4 Å². The molecule has 1 aliphatic carbocycles. The van der Waals surface area contributed by atoms with Crippen molar-refractivity contribution in [3.05, 3.63) is 83.3 Å². The fourth-order valence-electron chi connectivity index (χ4n) is 4.68. The van der Waals surface area contributed by atoms with Crippen molar-refractivity contribution in [2.24, 2.45) is 0 Å². The molecule has 178 valence electrons. The van der Waals surface area contributed by atoms with Crippen molar-refractivity contribution in [2.75, 3.05) is 33.3 Å². The van der Waals surface area contributed by atoms with Crippen molar-refractivity contribution >= 4 is 28.5 Å². The number of carbonyl (C=O) groups is 3. The molecular weight excluding hydrogens is 444 g/mol. The first kappa shape index (κ1) is 22.6. The molecule has 1 aliphatic heterocycles. The number of piperazine rings is 1. The number of ketones is 1. The molecule has 1 atom stereocenters. The number of carbonyl (C=O) groups excluding carboxylic acids is 3. The lowest BCUT2D eigenvalue weighted by Gasteiger charge is -2.34. The third-order valence-corrected chi connectivity index (χ3v) is 6.56. The topological polar surface area (TPSA) is 95.6 Å². The number of aromatic amines is 1. The Labute approximate surface area is 202 Å². The maximum absolute atomic E-state index is 13.3. The van der Waals surface area contributed by atoms with E-state index < -0.39 is 11.7 Å². The fourth-order valence-corrected chi connectivity index (χ4v) is 4.68. The van der Waals surface area contributed by atoms with Crippen LogP contribution in [0.3, 0.4) is 0 Å². The number of ether oxygens (including phenoxy) is 1. The number of nitrogens with zero attached hydrogens (tertiary/aromatic N) is 3. The molecule has 0 bridgehead atoms. The summed E-state index contributed by atoms with van der Waals surface area (Å²) in [7, 11) is 1.52. The summed E-state index contributed by atoms with van der Waals surface area (Å²) < 4.78 is 5.49. The minimum atomic E-state index is -0.608. The van der Waals surface area contributed by atoms with Crippen LogP contribution >= 0.6 is 0 Å². The van der Waals surface area contributed by atoms with Crippen molar-refractivity contribution in [1.29, 1.82) is 0 Å². The number of allylic oxidation sites excluding steroid dienone is 4. The molecule has 2 amide bonds. The standard InChI is InChI=1S/C27H26N4O4/c1-17-8-9-19(14-17)23-24-22(21(35-2)16-29-23)20(15-28-24)25(32)27(34)31-12-10-30(11-13-31)26(33)18-6-4-3-5-7-18/h3-9,14-16,19,28H,10-13H2,1-2H3. The van der Waals surface area contributed by atoms with Gasteiger partial charge in [0.1, 0.15) is 5.75 Å². The van der Waals surface area contributed by atoms with Gasteiger partial charge in [0.2, 0.25) is 0 Å². The van der Waals surface area contributed by atoms with Crippen molar-refractivity contribution in [3.8, 4) is 5.75 Å². The molecule has 1 fully saturated rings. The highest BCUT2D eigenvalue weighted by atomic mass is 16.5. The normalized spacial score (nSPS) is 17.5. The molecule has 5 rings (SSSR count). The number of methoxy groups -OCH3 is 1. The smallest absolute Gasteiger partial charge is 0.295 e. The lowest BCUT2D eigenvalue weighted by molar-refractivity contribution is -0.127. The third kappa shape index (κ3) is 4.12. The van der Waals surface area contributed by atoms with Crippen LogP contribution in [0.25, 0.3) is 10.9 Å². The Balaban J connectivity index is 1.35. The Morgan fingerprint density at radius 3 is 2.43 bits per heavy atom. The molecule has 3 heterocycles. The number of rotatable bonds is 5. The molecular formula is C27H26N4O4. The second kappa shape index (κ2) is 9.21. The summed E-state index contributed by atoms with van der Waals surface area (Å²) in [6, 6.07) is 9.05. The highest BCUT2D eigenvalue weighted by molar-refractivity contribution is 6.45. The van der Waals surface area contributed by atoms with Crippen LogP contribution in [0.2, 0.25) is 0 Å². The summed E-state index contributed by atoms with van der Waals surface area (Å²) in [5.41, 5.74) is 3.47. The van der Waals surface area contributed by atoms with Gasteiger partial charge in [0.05, 0.1) is 35.5 Å². The van der Waals surface area contributed by atoms with Crippen LogP contribution in [0.15, 0.2) is 66.5 Å². The lowest BCUT2D eigenvalue weighted by Crippen LogP contribution is -2.52.